The Labute approximate surface area is 150 Å². The van der Waals surface area contributed by atoms with Crippen LogP contribution in [-0.2, 0) is 4.74 Å². The number of nitrogens with two attached hydrogens (primary N) is 1. The van der Waals surface area contributed by atoms with Gasteiger partial charge in [-0.1, -0.05) is 0 Å². The van der Waals surface area contributed by atoms with Crippen molar-refractivity contribution >= 4 is 29.3 Å². The molecule has 0 aliphatic carbocycles. The molecule has 1 fully saturated rings. The van der Waals surface area contributed by atoms with Crippen LogP contribution in [0.4, 0.5) is 17.5 Å². The van der Waals surface area contributed by atoms with Gasteiger partial charge in [0, 0.05) is 18.8 Å². The first-order valence-electron chi connectivity index (χ1n) is 8.33. The molecule has 0 atom stereocenters. The van der Waals surface area contributed by atoms with Crippen molar-refractivity contribution in [3.8, 4) is 0 Å². The molecular formula is C17H20N6O3. The standard InChI is InChI=1S/C17H20N6O3/c1-26-16(25)11-5-7-12(8-6-11)19-15-13(14(18)24)21-22-17(20-15)23-9-3-2-4-10-23/h5-8H,2-4,9-10H2,1H3,(H2,18,24)(H,19,20,22). The van der Waals surface area contributed by atoms with Crippen molar-refractivity contribution in [3.63, 3.8) is 0 Å². The van der Waals surface area contributed by atoms with Crippen LogP contribution in [0.5, 0.6) is 0 Å². The third kappa shape index (κ3) is 3.88. The Hall–Kier alpha value is -3.23. The second-order valence-electron chi connectivity index (χ2n) is 5.91. The predicted molar refractivity (Wildman–Crippen MR) is 95.5 cm³/mol. The average Bonchev–Trinajstić information content (AvgIpc) is 2.68. The number of benzene rings is 1. The fourth-order valence-corrected chi connectivity index (χ4v) is 2.74. The van der Waals surface area contributed by atoms with E-state index < -0.39 is 11.9 Å². The summed E-state index contributed by atoms with van der Waals surface area (Å²) in [6.45, 7) is 1.70. The number of nitrogens with zero attached hydrogens (tertiary/aromatic N) is 4. The zero-order valence-electron chi connectivity index (χ0n) is 14.4. The SMILES string of the molecule is COC(=O)c1ccc(Nc2nc(N3CCCCC3)nnc2C(N)=O)cc1. The smallest absolute Gasteiger partial charge is 0.337 e. The Balaban J connectivity index is 1.86. The molecule has 2 heterocycles. The van der Waals surface area contributed by atoms with Crippen LogP contribution in [0.25, 0.3) is 0 Å². The van der Waals surface area contributed by atoms with E-state index in [1.165, 1.54) is 13.5 Å². The number of hydrogen-bond donors (Lipinski definition) is 2. The number of hydrogen-bond acceptors (Lipinski definition) is 8. The minimum atomic E-state index is -0.719. The zero-order valence-corrected chi connectivity index (χ0v) is 14.4. The molecule has 0 unspecified atom stereocenters. The molecule has 26 heavy (non-hydrogen) atoms. The molecule has 2 aromatic rings. The summed E-state index contributed by atoms with van der Waals surface area (Å²) in [5, 5.41) is 11.0. The molecule has 1 aliphatic rings. The molecule has 3 rings (SSSR count). The normalized spacial score (nSPS) is 14.0. The highest BCUT2D eigenvalue weighted by Crippen LogP contribution is 2.22. The highest BCUT2D eigenvalue weighted by Gasteiger charge is 2.19. The van der Waals surface area contributed by atoms with Gasteiger partial charge in [0.25, 0.3) is 5.91 Å². The van der Waals surface area contributed by atoms with Crippen molar-refractivity contribution in [2.24, 2.45) is 5.73 Å². The first-order valence-corrected chi connectivity index (χ1v) is 8.33. The van der Waals surface area contributed by atoms with E-state index >= 15 is 0 Å². The Kier molecular flexibility index (Phi) is 5.26. The molecule has 0 radical (unpaired) electrons. The largest absolute Gasteiger partial charge is 0.465 e. The Morgan fingerprint density at radius 1 is 1.12 bits per heavy atom. The summed E-state index contributed by atoms with van der Waals surface area (Å²) >= 11 is 0. The molecule has 1 aromatic heterocycles. The van der Waals surface area contributed by atoms with E-state index in [9.17, 15) is 9.59 Å². The van der Waals surface area contributed by atoms with Gasteiger partial charge in [0.1, 0.15) is 0 Å². The molecule has 136 valence electrons. The van der Waals surface area contributed by atoms with Crippen molar-refractivity contribution < 1.29 is 14.3 Å². The molecule has 9 heteroatoms. The van der Waals surface area contributed by atoms with E-state index in [0.717, 1.165) is 25.9 Å². The van der Waals surface area contributed by atoms with Crippen LogP contribution in [0.3, 0.4) is 0 Å². The highest BCUT2D eigenvalue weighted by molar-refractivity contribution is 5.96. The molecule has 1 saturated heterocycles. The third-order valence-electron chi connectivity index (χ3n) is 4.12. The van der Waals surface area contributed by atoms with Crippen LogP contribution in [0.15, 0.2) is 24.3 Å². The predicted octanol–water partition coefficient (Wildman–Crippen LogP) is 1.49. The number of amides is 1. The van der Waals surface area contributed by atoms with Crippen molar-refractivity contribution in [1.82, 2.24) is 15.2 Å². The lowest BCUT2D eigenvalue weighted by atomic mass is 10.1. The Morgan fingerprint density at radius 3 is 2.42 bits per heavy atom. The van der Waals surface area contributed by atoms with E-state index in [1.807, 2.05) is 4.90 Å². The molecular weight excluding hydrogens is 336 g/mol. The number of rotatable bonds is 5. The van der Waals surface area contributed by atoms with E-state index in [4.69, 9.17) is 5.73 Å². The summed E-state index contributed by atoms with van der Waals surface area (Å²) in [6.07, 6.45) is 3.32. The highest BCUT2D eigenvalue weighted by atomic mass is 16.5. The van der Waals surface area contributed by atoms with Crippen molar-refractivity contribution in [3.05, 3.63) is 35.5 Å². The van der Waals surface area contributed by atoms with Gasteiger partial charge in [-0.25, -0.2) is 4.79 Å². The lowest BCUT2D eigenvalue weighted by Gasteiger charge is -2.26. The summed E-state index contributed by atoms with van der Waals surface area (Å²) < 4.78 is 4.67. The first-order chi connectivity index (χ1) is 12.6. The van der Waals surface area contributed by atoms with Crippen LogP contribution < -0.4 is 16.0 Å². The van der Waals surface area contributed by atoms with E-state index in [2.05, 4.69) is 25.2 Å². The summed E-state index contributed by atoms with van der Waals surface area (Å²) in [5.74, 6) is -0.448. The van der Waals surface area contributed by atoms with Crippen LogP contribution in [0, 0.1) is 0 Å². The third-order valence-corrected chi connectivity index (χ3v) is 4.12. The minimum Gasteiger partial charge on any atom is -0.465 e. The maximum Gasteiger partial charge on any atom is 0.337 e. The van der Waals surface area contributed by atoms with E-state index in [-0.39, 0.29) is 11.5 Å². The van der Waals surface area contributed by atoms with Gasteiger partial charge < -0.3 is 20.7 Å². The van der Waals surface area contributed by atoms with Crippen LogP contribution in [0.1, 0.15) is 40.1 Å². The molecule has 9 nitrogen and oxygen atoms in total. The lowest BCUT2D eigenvalue weighted by molar-refractivity contribution is 0.0600. The molecule has 0 bridgehead atoms. The van der Waals surface area contributed by atoms with Crippen LogP contribution in [0.2, 0.25) is 0 Å². The van der Waals surface area contributed by atoms with Crippen molar-refractivity contribution in [1.29, 1.82) is 0 Å². The number of nitrogens with one attached hydrogen (secondary N) is 1. The average molecular weight is 356 g/mol. The number of methoxy groups -OCH3 is 1. The Bertz CT molecular complexity index is 803. The minimum absolute atomic E-state index is 0.0391. The monoisotopic (exact) mass is 356 g/mol. The Morgan fingerprint density at radius 2 is 1.81 bits per heavy atom. The molecule has 0 saturated carbocycles. The quantitative estimate of drug-likeness (QED) is 0.772. The van der Waals surface area contributed by atoms with Gasteiger partial charge in [0.15, 0.2) is 11.5 Å². The summed E-state index contributed by atoms with van der Waals surface area (Å²) in [5.41, 5.74) is 6.39. The maximum absolute atomic E-state index is 11.6. The second-order valence-corrected chi connectivity index (χ2v) is 5.91. The van der Waals surface area contributed by atoms with Gasteiger partial charge in [0.05, 0.1) is 12.7 Å². The van der Waals surface area contributed by atoms with E-state index in [0.29, 0.717) is 17.2 Å². The van der Waals surface area contributed by atoms with Crippen molar-refractivity contribution in [2.75, 3.05) is 30.4 Å². The number of aromatic nitrogens is 3. The summed E-state index contributed by atoms with van der Waals surface area (Å²) in [6, 6.07) is 6.58. The number of ether oxygens (including phenoxy) is 1. The lowest BCUT2D eigenvalue weighted by Crippen LogP contribution is -2.32. The number of carbonyl (C=O) groups is 2. The van der Waals surface area contributed by atoms with Gasteiger partial charge in [-0.05, 0) is 43.5 Å². The summed E-state index contributed by atoms with van der Waals surface area (Å²) in [4.78, 5) is 29.6. The number of piperidine rings is 1. The fourth-order valence-electron chi connectivity index (χ4n) is 2.74. The first kappa shape index (κ1) is 17.6. The van der Waals surface area contributed by atoms with Gasteiger partial charge in [-0.3, -0.25) is 4.79 Å². The van der Waals surface area contributed by atoms with Crippen LogP contribution >= 0.6 is 0 Å². The second kappa shape index (κ2) is 7.77. The summed E-state index contributed by atoms with van der Waals surface area (Å²) in [7, 11) is 1.32. The van der Waals surface area contributed by atoms with Crippen LogP contribution in [-0.4, -0.2) is 47.3 Å². The molecule has 1 aliphatic heterocycles. The number of anilines is 3. The fraction of sp³-hybridized carbons (Fsp3) is 0.353. The molecule has 0 spiro atoms. The maximum atomic E-state index is 11.6. The topological polar surface area (TPSA) is 123 Å². The number of carbonyl (C=O) groups excluding carboxylic acids is 2. The van der Waals surface area contributed by atoms with Gasteiger partial charge >= 0.3 is 5.97 Å². The number of primary amides is 1. The zero-order chi connectivity index (χ0) is 18.5. The van der Waals surface area contributed by atoms with Crippen molar-refractivity contribution in [2.45, 2.75) is 19.3 Å². The van der Waals surface area contributed by atoms with Gasteiger partial charge in [-0.15, -0.1) is 10.2 Å². The number of esters is 1. The van der Waals surface area contributed by atoms with Gasteiger partial charge in [-0.2, -0.15) is 4.98 Å². The van der Waals surface area contributed by atoms with Gasteiger partial charge in [0.2, 0.25) is 5.95 Å². The molecule has 1 amide bonds. The molecule has 1 aromatic carbocycles. The molecule has 3 N–H and O–H groups in total. The van der Waals surface area contributed by atoms with E-state index in [1.54, 1.807) is 24.3 Å².